The Hall–Kier alpha value is -2.69. The van der Waals surface area contributed by atoms with Gasteiger partial charge in [0.05, 0.1) is 11.0 Å². The molecule has 0 aliphatic carbocycles. The van der Waals surface area contributed by atoms with Gasteiger partial charge in [0.25, 0.3) is 0 Å². The molecule has 0 atom stereocenters. The highest BCUT2D eigenvalue weighted by atomic mass is 19.1. The van der Waals surface area contributed by atoms with Crippen molar-refractivity contribution in [1.82, 2.24) is 9.97 Å². The van der Waals surface area contributed by atoms with Gasteiger partial charge in [-0.25, -0.2) is 8.78 Å². The molecule has 23 heavy (non-hydrogen) atoms. The molecule has 0 aliphatic heterocycles. The summed E-state index contributed by atoms with van der Waals surface area (Å²) in [5.41, 5.74) is 2.22. The van der Waals surface area contributed by atoms with E-state index in [0.29, 0.717) is 33.1 Å². The maximum Gasteiger partial charge on any atom is 0.249 e. The lowest BCUT2D eigenvalue weighted by molar-refractivity contribution is 0.609. The fourth-order valence-corrected chi connectivity index (χ4v) is 2.75. The smallest absolute Gasteiger partial charge is 0.249 e. The third kappa shape index (κ3) is 2.59. The van der Waals surface area contributed by atoms with Crippen LogP contribution in [0.1, 0.15) is 25.8 Å². The summed E-state index contributed by atoms with van der Waals surface area (Å²) >= 11 is 0. The summed E-state index contributed by atoms with van der Waals surface area (Å²) in [6, 6.07) is 5.65. The lowest BCUT2D eigenvalue weighted by atomic mass is 10.0. The number of H-pyrrole nitrogens is 2. The van der Waals surface area contributed by atoms with Crippen LogP contribution in [0.15, 0.2) is 47.0 Å². The van der Waals surface area contributed by atoms with E-state index in [9.17, 15) is 13.6 Å². The number of hydrogen-bond acceptors (Lipinski definition) is 1. The summed E-state index contributed by atoms with van der Waals surface area (Å²) in [6.07, 6.45) is 3.59. The lowest BCUT2D eigenvalue weighted by Crippen LogP contribution is -2.06. The molecule has 0 radical (unpaired) electrons. The summed E-state index contributed by atoms with van der Waals surface area (Å²) in [7, 11) is 0. The van der Waals surface area contributed by atoms with E-state index in [1.165, 1.54) is 18.2 Å². The van der Waals surface area contributed by atoms with Gasteiger partial charge in [-0.2, -0.15) is 0 Å². The average Bonchev–Trinajstić information content (AvgIpc) is 2.89. The molecule has 0 unspecified atom stereocenters. The van der Waals surface area contributed by atoms with Crippen molar-refractivity contribution in [2.45, 2.75) is 20.3 Å². The number of rotatable bonds is 3. The van der Waals surface area contributed by atoms with Crippen molar-refractivity contribution < 1.29 is 8.78 Å². The molecule has 3 nitrogen and oxygen atoms in total. The van der Waals surface area contributed by atoms with Crippen LogP contribution in [0.2, 0.25) is 0 Å². The third-order valence-electron chi connectivity index (χ3n) is 3.78. The lowest BCUT2D eigenvalue weighted by Gasteiger charge is -2.06. The third-order valence-corrected chi connectivity index (χ3v) is 3.78. The van der Waals surface area contributed by atoms with Crippen LogP contribution in [0.25, 0.3) is 27.5 Å². The van der Waals surface area contributed by atoms with Crippen LogP contribution in [-0.2, 0) is 0 Å². The van der Waals surface area contributed by atoms with Gasteiger partial charge in [-0.15, -0.1) is 0 Å². The monoisotopic (exact) mass is 314 g/mol. The Kier molecular flexibility index (Phi) is 3.86. The maximum absolute atomic E-state index is 14.3. The van der Waals surface area contributed by atoms with Gasteiger partial charge >= 0.3 is 0 Å². The van der Waals surface area contributed by atoms with Gasteiger partial charge in [-0.3, -0.25) is 4.79 Å². The van der Waals surface area contributed by atoms with E-state index in [1.54, 1.807) is 32.1 Å². The molecule has 3 aromatic rings. The second-order valence-corrected chi connectivity index (χ2v) is 5.28. The fraction of sp³-hybridized carbons (Fsp3) is 0.167. The highest BCUT2D eigenvalue weighted by molar-refractivity contribution is 6.08. The highest BCUT2D eigenvalue weighted by Gasteiger charge is 2.15. The van der Waals surface area contributed by atoms with E-state index in [-0.39, 0.29) is 17.8 Å². The van der Waals surface area contributed by atoms with Crippen molar-refractivity contribution in [2.24, 2.45) is 0 Å². The second kappa shape index (κ2) is 5.83. The van der Waals surface area contributed by atoms with E-state index in [4.69, 9.17) is 0 Å². The summed E-state index contributed by atoms with van der Waals surface area (Å²) in [5, 5.41) is 0.565. The molecule has 1 aromatic carbocycles. The Morgan fingerprint density at radius 1 is 1.22 bits per heavy atom. The molecule has 0 saturated heterocycles. The van der Waals surface area contributed by atoms with Crippen LogP contribution in [0.5, 0.6) is 0 Å². The molecule has 0 aliphatic rings. The number of hydrogen-bond donors (Lipinski definition) is 2. The summed E-state index contributed by atoms with van der Waals surface area (Å²) in [4.78, 5) is 17.9. The summed E-state index contributed by atoms with van der Waals surface area (Å²) < 4.78 is 27.8. The van der Waals surface area contributed by atoms with E-state index in [2.05, 4.69) is 9.97 Å². The van der Waals surface area contributed by atoms with Crippen LogP contribution in [0.4, 0.5) is 8.78 Å². The number of allylic oxidation sites excluding steroid dienone is 4. The predicted molar refractivity (Wildman–Crippen MR) is 89.5 cm³/mol. The minimum Gasteiger partial charge on any atom is -0.353 e. The normalized spacial score (nSPS) is 13.2. The quantitative estimate of drug-likeness (QED) is 0.669. The molecule has 3 rings (SSSR count). The van der Waals surface area contributed by atoms with Gasteiger partial charge in [0.1, 0.15) is 11.6 Å². The number of aromatic nitrogens is 2. The Balaban J connectivity index is 2.46. The number of nitrogens with one attached hydrogen (secondary N) is 2. The summed E-state index contributed by atoms with van der Waals surface area (Å²) in [5.74, 6) is -0.701. The van der Waals surface area contributed by atoms with Gasteiger partial charge in [-0.05, 0) is 31.5 Å². The van der Waals surface area contributed by atoms with Gasteiger partial charge < -0.3 is 9.97 Å². The van der Waals surface area contributed by atoms with E-state index < -0.39 is 5.82 Å². The molecule has 118 valence electrons. The number of halogens is 2. The van der Waals surface area contributed by atoms with Crippen molar-refractivity contribution in [2.75, 3.05) is 0 Å². The Labute approximate surface area is 131 Å². The first-order valence-electron chi connectivity index (χ1n) is 7.41. The second-order valence-electron chi connectivity index (χ2n) is 5.28. The number of fused-ring (bicyclic) bond motifs is 3. The van der Waals surface area contributed by atoms with Crippen LogP contribution < -0.4 is 5.56 Å². The molecule has 2 N–H and O–H groups in total. The molecular weight excluding hydrogens is 298 g/mol. The minimum atomic E-state index is -0.395. The molecule has 0 saturated carbocycles. The van der Waals surface area contributed by atoms with Crippen LogP contribution in [-0.4, -0.2) is 9.97 Å². The number of aromatic amines is 2. The van der Waals surface area contributed by atoms with E-state index >= 15 is 0 Å². The first-order chi connectivity index (χ1) is 11.0. The zero-order chi connectivity index (χ0) is 16.6. The number of pyridine rings is 1. The summed E-state index contributed by atoms with van der Waals surface area (Å²) in [6.45, 7) is 3.50. The van der Waals surface area contributed by atoms with Crippen LogP contribution >= 0.6 is 0 Å². The van der Waals surface area contributed by atoms with Gasteiger partial charge in [0.15, 0.2) is 0 Å². The first kappa shape index (κ1) is 15.2. The molecule has 5 heteroatoms. The van der Waals surface area contributed by atoms with Gasteiger partial charge in [0, 0.05) is 28.1 Å². The molecule has 0 bridgehead atoms. The van der Waals surface area contributed by atoms with Crippen molar-refractivity contribution in [3.8, 4) is 0 Å². The molecule has 2 heterocycles. The Morgan fingerprint density at radius 3 is 2.70 bits per heavy atom. The molecule has 0 fully saturated rings. The standard InChI is InChI=1S/C18H16F2N2O/c1-3-5-11(14(20)4-2)12-9-16(23)22-18-13-8-10(19)6-7-15(13)21-17(12)18/h3,5-9,21H,4H2,1-2H3,(H,22,23). The Morgan fingerprint density at radius 2 is 2.00 bits per heavy atom. The van der Waals surface area contributed by atoms with Crippen molar-refractivity contribution >= 4 is 27.5 Å². The largest absolute Gasteiger partial charge is 0.353 e. The SMILES string of the molecule is CC=CC(=C(F)CC)c1cc(=O)[nH]c2c1[nH]c1ccc(F)cc12. The van der Waals surface area contributed by atoms with E-state index in [0.717, 1.165) is 0 Å². The van der Waals surface area contributed by atoms with Crippen LogP contribution in [0.3, 0.4) is 0 Å². The van der Waals surface area contributed by atoms with Gasteiger partial charge in [0.2, 0.25) is 5.56 Å². The molecule has 0 spiro atoms. The molecular formula is C18H16F2N2O. The van der Waals surface area contributed by atoms with Crippen LogP contribution in [0, 0.1) is 5.82 Å². The molecule has 2 aromatic heterocycles. The van der Waals surface area contributed by atoms with Crippen molar-refractivity contribution in [3.05, 3.63) is 64.0 Å². The number of benzene rings is 1. The first-order valence-corrected chi connectivity index (χ1v) is 7.41. The zero-order valence-corrected chi connectivity index (χ0v) is 12.8. The topological polar surface area (TPSA) is 48.6 Å². The van der Waals surface area contributed by atoms with Crippen molar-refractivity contribution in [1.29, 1.82) is 0 Å². The predicted octanol–water partition coefficient (Wildman–Crippen LogP) is 4.82. The molecule has 0 amide bonds. The zero-order valence-electron chi connectivity index (χ0n) is 12.8. The van der Waals surface area contributed by atoms with Gasteiger partial charge in [-0.1, -0.05) is 19.1 Å². The minimum absolute atomic E-state index is 0.225. The Bertz CT molecular complexity index is 1010. The average molecular weight is 314 g/mol. The fourth-order valence-electron chi connectivity index (χ4n) is 2.75. The maximum atomic E-state index is 14.3. The van der Waals surface area contributed by atoms with E-state index in [1.807, 2.05) is 0 Å². The van der Waals surface area contributed by atoms with Crippen molar-refractivity contribution in [3.63, 3.8) is 0 Å². The highest BCUT2D eigenvalue weighted by Crippen LogP contribution is 2.31.